The van der Waals surface area contributed by atoms with Gasteiger partial charge in [0.1, 0.15) is 10.3 Å². The van der Waals surface area contributed by atoms with Crippen molar-refractivity contribution in [2.45, 2.75) is 17.6 Å². The van der Waals surface area contributed by atoms with Crippen LogP contribution in [0.3, 0.4) is 0 Å². The highest BCUT2D eigenvalue weighted by Crippen LogP contribution is 2.50. The fraction of sp³-hybridized carbons (Fsp3) is 0.667. The molecule has 0 spiro atoms. The van der Waals surface area contributed by atoms with Crippen LogP contribution in [0.5, 0.6) is 0 Å². The lowest BCUT2D eigenvalue weighted by atomic mass is 10.4. The van der Waals surface area contributed by atoms with E-state index in [1.54, 1.807) is 5.51 Å². The maximum Gasteiger partial charge on any atom is 0.163 e. The van der Waals surface area contributed by atoms with Gasteiger partial charge in [0.15, 0.2) is 15.7 Å². The molecule has 0 radical (unpaired) electrons. The van der Waals surface area contributed by atoms with E-state index in [-0.39, 0.29) is 0 Å². The summed E-state index contributed by atoms with van der Waals surface area (Å²) < 4.78 is 25.9. The Kier molecular flexibility index (Phi) is 1.53. The first-order valence-electron chi connectivity index (χ1n) is 3.53. The maximum absolute atomic E-state index is 11.3. The van der Waals surface area contributed by atoms with Gasteiger partial charge in [-0.2, -0.15) is 4.37 Å². The zero-order valence-electron chi connectivity index (χ0n) is 6.52. The van der Waals surface area contributed by atoms with Crippen LogP contribution in [0.25, 0.3) is 0 Å². The molecule has 0 N–H and O–H groups in total. The monoisotopic (exact) mass is 204 g/mol. The normalized spacial score (nSPS) is 20.8. The topological polar surface area (TPSA) is 59.9 Å². The average molecular weight is 204 g/mol. The SMILES string of the molecule is CS(=O)(=O)C1(c2ncsn2)CC1. The van der Waals surface area contributed by atoms with Crippen LogP contribution >= 0.6 is 11.5 Å². The molecule has 0 bridgehead atoms. The van der Waals surface area contributed by atoms with E-state index in [4.69, 9.17) is 0 Å². The van der Waals surface area contributed by atoms with Gasteiger partial charge in [-0.1, -0.05) is 0 Å². The van der Waals surface area contributed by atoms with Crippen molar-refractivity contribution in [1.29, 1.82) is 0 Å². The van der Waals surface area contributed by atoms with Gasteiger partial charge in [-0.15, -0.1) is 0 Å². The molecule has 66 valence electrons. The second-order valence-electron chi connectivity index (χ2n) is 3.02. The lowest BCUT2D eigenvalue weighted by Gasteiger charge is -2.06. The Labute approximate surface area is 74.7 Å². The van der Waals surface area contributed by atoms with E-state index < -0.39 is 14.6 Å². The number of hydrogen-bond donors (Lipinski definition) is 0. The molecule has 2 rings (SSSR count). The van der Waals surface area contributed by atoms with E-state index in [0.29, 0.717) is 18.7 Å². The molecular formula is C6H8N2O2S2. The molecule has 1 heterocycles. The van der Waals surface area contributed by atoms with Gasteiger partial charge >= 0.3 is 0 Å². The largest absolute Gasteiger partial charge is 0.228 e. The zero-order chi connectivity index (χ0) is 8.82. The third-order valence-corrected chi connectivity index (χ3v) is 4.67. The molecule has 4 nitrogen and oxygen atoms in total. The van der Waals surface area contributed by atoms with Crippen LogP contribution < -0.4 is 0 Å². The summed E-state index contributed by atoms with van der Waals surface area (Å²) in [6.45, 7) is 0. The van der Waals surface area contributed by atoms with Gasteiger partial charge < -0.3 is 0 Å². The van der Waals surface area contributed by atoms with Crippen molar-refractivity contribution in [2.75, 3.05) is 6.26 Å². The number of sulfone groups is 1. The Balaban J connectivity index is 2.49. The second kappa shape index (κ2) is 2.26. The molecule has 1 aliphatic rings. The molecule has 0 aromatic carbocycles. The van der Waals surface area contributed by atoms with Gasteiger partial charge in [-0.05, 0) is 24.4 Å². The highest BCUT2D eigenvalue weighted by Gasteiger charge is 2.56. The summed E-state index contributed by atoms with van der Waals surface area (Å²) in [7, 11) is -3.03. The average Bonchev–Trinajstić information content (AvgIpc) is 2.61. The third kappa shape index (κ3) is 0.980. The van der Waals surface area contributed by atoms with E-state index in [2.05, 4.69) is 9.36 Å². The molecule has 1 aromatic rings. The van der Waals surface area contributed by atoms with Crippen molar-refractivity contribution in [2.24, 2.45) is 0 Å². The van der Waals surface area contributed by atoms with Gasteiger partial charge in [0, 0.05) is 6.26 Å². The summed E-state index contributed by atoms with van der Waals surface area (Å²) in [6, 6.07) is 0. The van der Waals surface area contributed by atoms with Gasteiger partial charge in [-0.25, -0.2) is 13.4 Å². The lowest BCUT2D eigenvalue weighted by Crippen LogP contribution is -2.20. The number of hydrogen-bond acceptors (Lipinski definition) is 5. The Morgan fingerprint density at radius 3 is 2.58 bits per heavy atom. The standard InChI is InChI=1S/C6H8N2O2S2/c1-12(9,10)6(2-3-6)5-7-4-11-8-5/h4H,2-3H2,1H3. The summed E-state index contributed by atoms with van der Waals surface area (Å²) in [4.78, 5) is 3.95. The van der Waals surface area contributed by atoms with E-state index >= 15 is 0 Å². The first-order chi connectivity index (χ1) is 5.56. The summed E-state index contributed by atoms with van der Waals surface area (Å²) in [5.74, 6) is 0.481. The minimum Gasteiger partial charge on any atom is -0.228 e. The molecule has 0 atom stereocenters. The van der Waals surface area contributed by atoms with Gasteiger partial charge in [-0.3, -0.25) is 0 Å². The molecule has 1 aliphatic carbocycles. The fourth-order valence-corrected chi connectivity index (χ4v) is 3.09. The van der Waals surface area contributed by atoms with Crippen molar-refractivity contribution in [1.82, 2.24) is 9.36 Å². The molecule has 1 saturated carbocycles. The molecule has 1 fully saturated rings. The van der Waals surface area contributed by atoms with E-state index in [1.165, 1.54) is 17.8 Å². The zero-order valence-corrected chi connectivity index (χ0v) is 8.15. The maximum atomic E-state index is 11.3. The molecule has 6 heteroatoms. The molecule has 12 heavy (non-hydrogen) atoms. The van der Waals surface area contributed by atoms with Crippen molar-refractivity contribution < 1.29 is 8.42 Å². The number of rotatable bonds is 2. The Bertz CT molecular complexity index is 378. The molecular weight excluding hydrogens is 196 g/mol. The minimum absolute atomic E-state index is 0.481. The van der Waals surface area contributed by atoms with Gasteiger partial charge in [0.2, 0.25) is 0 Å². The predicted molar refractivity (Wildman–Crippen MR) is 45.7 cm³/mol. The molecule has 0 amide bonds. The van der Waals surface area contributed by atoms with Crippen molar-refractivity contribution in [3.8, 4) is 0 Å². The Hall–Kier alpha value is -0.490. The first-order valence-corrected chi connectivity index (χ1v) is 6.25. The summed E-state index contributed by atoms with van der Waals surface area (Å²) in [6.07, 6.45) is 2.59. The third-order valence-electron chi connectivity index (χ3n) is 2.18. The second-order valence-corrected chi connectivity index (χ2v) is 5.95. The van der Waals surface area contributed by atoms with Crippen LogP contribution in [0.2, 0.25) is 0 Å². The molecule has 0 saturated heterocycles. The van der Waals surface area contributed by atoms with Crippen molar-refractivity contribution in [3.05, 3.63) is 11.3 Å². The highest BCUT2D eigenvalue weighted by atomic mass is 32.2. The summed E-state index contributed by atoms with van der Waals surface area (Å²) >= 11 is 1.20. The van der Waals surface area contributed by atoms with Crippen LogP contribution in [0, 0.1) is 0 Å². The minimum atomic E-state index is -3.03. The smallest absolute Gasteiger partial charge is 0.163 e. The van der Waals surface area contributed by atoms with Crippen molar-refractivity contribution >= 4 is 21.4 Å². The Morgan fingerprint density at radius 2 is 2.25 bits per heavy atom. The van der Waals surface area contributed by atoms with Crippen LogP contribution in [0.1, 0.15) is 18.7 Å². The number of aromatic nitrogens is 2. The fourth-order valence-electron chi connectivity index (χ4n) is 1.25. The molecule has 0 aliphatic heterocycles. The lowest BCUT2D eigenvalue weighted by molar-refractivity contribution is 0.583. The first kappa shape index (κ1) is 8.12. The van der Waals surface area contributed by atoms with E-state index in [1.807, 2.05) is 0 Å². The van der Waals surface area contributed by atoms with Crippen LogP contribution in [-0.2, 0) is 14.6 Å². The predicted octanol–water partition coefficient (Wildman–Crippen LogP) is 0.572. The quantitative estimate of drug-likeness (QED) is 0.706. The molecule has 1 aromatic heterocycles. The summed E-state index contributed by atoms with van der Waals surface area (Å²) in [5, 5.41) is 0. The van der Waals surface area contributed by atoms with Crippen LogP contribution in [0.15, 0.2) is 5.51 Å². The van der Waals surface area contributed by atoms with Gasteiger partial charge in [0.05, 0.1) is 0 Å². The summed E-state index contributed by atoms with van der Waals surface area (Å²) in [5.41, 5.74) is 1.57. The van der Waals surface area contributed by atoms with Gasteiger partial charge in [0.25, 0.3) is 0 Å². The van der Waals surface area contributed by atoms with E-state index in [9.17, 15) is 8.42 Å². The Morgan fingerprint density at radius 1 is 1.58 bits per heavy atom. The van der Waals surface area contributed by atoms with Crippen LogP contribution in [-0.4, -0.2) is 24.0 Å². The van der Waals surface area contributed by atoms with Crippen molar-refractivity contribution in [3.63, 3.8) is 0 Å². The van der Waals surface area contributed by atoms with Crippen LogP contribution in [0.4, 0.5) is 0 Å². The van der Waals surface area contributed by atoms with E-state index in [0.717, 1.165) is 0 Å². The highest BCUT2D eigenvalue weighted by molar-refractivity contribution is 7.91. The number of nitrogens with zero attached hydrogens (tertiary/aromatic N) is 2. The molecule has 0 unspecified atom stereocenters.